The molecule has 0 heterocycles. The predicted octanol–water partition coefficient (Wildman–Crippen LogP) is 4.28. The Morgan fingerprint density at radius 2 is 2.00 bits per heavy atom. The zero-order chi connectivity index (χ0) is 12.3. The lowest BCUT2D eigenvalue weighted by atomic mass is 9.88. The number of hydrogen-bond donors (Lipinski definition) is 1. The molecule has 0 atom stereocenters. The maximum Gasteiger partial charge on any atom is 0.227 e. The van der Waals surface area contributed by atoms with Crippen LogP contribution in [-0.2, 0) is 4.79 Å². The molecular weight excluding hydrogens is 278 g/mol. The molecule has 17 heavy (non-hydrogen) atoms. The highest BCUT2D eigenvalue weighted by molar-refractivity contribution is 9.10. The highest BCUT2D eigenvalue weighted by Gasteiger charge is 2.21. The summed E-state index contributed by atoms with van der Waals surface area (Å²) >= 11 is 3.52. The first-order valence-electron chi connectivity index (χ1n) is 6.24. The smallest absolute Gasteiger partial charge is 0.227 e. The summed E-state index contributed by atoms with van der Waals surface area (Å²) in [6.07, 6.45) is 5.72. The average molecular weight is 296 g/mol. The second kappa shape index (κ2) is 5.67. The lowest BCUT2D eigenvalue weighted by molar-refractivity contribution is -0.120. The zero-order valence-corrected chi connectivity index (χ0v) is 11.7. The number of carbonyl (C=O) groups is 1. The Hall–Kier alpha value is -0.830. The monoisotopic (exact) mass is 295 g/mol. The average Bonchev–Trinajstić information content (AvgIpc) is 2.36. The van der Waals surface area contributed by atoms with E-state index in [9.17, 15) is 4.79 Å². The van der Waals surface area contributed by atoms with Crippen LogP contribution in [0.4, 0.5) is 5.69 Å². The molecule has 0 bridgehead atoms. The van der Waals surface area contributed by atoms with Gasteiger partial charge in [0.15, 0.2) is 0 Å². The third-order valence-electron chi connectivity index (χ3n) is 3.43. The molecule has 1 fully saturated rings. The fraction of sp³-hybridized carbons (Fsp3) is 0.500. The summed E-state index contributed by atoms with van der Waals surface area (Å²) in [7, 11) is 0. The van der Waals surface area contributed by atoms with E-state index in [-0.39, 0.29) is 11.8 Å². The Morgan fingerprint density at radius 1 is 1.29 bits per heavy atom. The van der Waals surface area contributed by atoms with Crippen LogP contribution in [0.1, 0.15) is 37.7 Å². The molecule has 0 aliphatic heterocycles. The lowest BCUT2D eigenvalue weighted by Crippen LogP contribution is -2.24. The Kier molecular flexibility index (Phi) is 4.21. The molecular formula is C14H18BrNO. The molecule has 0 aromatic heterocycles. The van der Waals surface area contributed by atoms with Crippen molar-refractivity contribution in [2.75, 3.05) is 5.32 Å². The summed E-state index contributed by atoms with van der Waals surface area (Å²) in [6.45, 7) is 2.03. The number of benzene rings is 1. The summed E-state index contributed by atoms with van der Waals surface area (Å²) in [6, 6.07) is 5.94. The second-order valence-corrected chi connectivity index (χ2v) is 5.55. The van der Waals surface area contributed by atoms with E-state index in [2.05, 4.69) is 21.2 Å². The van der Waals surface area contributed by atoms with Crippen LogP contribution in [0.3, 0.4) is 0 Å². The molecule has 1 amide bonds. The van der Waals surface area contributed by atoms with E-state index in [0.717, 1.165) is 28.6 Å². The van der Waals surface area contributed by atoms with Gasteiger partial charge < -0.3 is 5.32 Å². The first-order valence-corrected chi connectivity index (χ1v) is 7.04. The van der Waals surface area contributed by atoms with Crippen molar-refractivity contribution in [3.05, 3.63) is 28.2 Å². The summed E-state index contributed by atoms with van der Waals surface area (Å²) in [5.41, 5.74) is 2.03. The van der Waals surface area contributed by atoms with E-state index < -0.39 is 0 Å². The number of carbonyl (C=O) groups excluding carboxylic acids is 1. The third-order valence-corrected chi connectivity index (χ3v) is 4.48. The van der Waals surface area contributed by atoms with Gasteiger partial charge in [-0.05, 0) is 47.3 Å². The van der Waals surface area contributed by atoms with Gasteiger partial charge >= 0.3 is 0 Å². The summed E-state index contributed by atoms with van der Waals surface area (Å²) in [4.78, 5) is 12.1. The predicted molar refractivity (Wildman–Crippen MR) is 74.1 cm³/mol. The topological polar surface area (TPSA) is 29.1 Å². The van der Waals surface area contributed by atoms with Crippen molar-refractivity contribution < 1.29 is 4.79 Å². The van der Waals surface area contributed by atoms with E-state index >= 15 is 0 Å². The minimum Gasteiger partial charge on any atom is -0.325 e. The van der Waals surface area contributed by atoms with Gasteiger partial charge in [-0.2, -0.15) is 0 Å². The van der Waals surface area contributed by atoms with Gasteiger partial charge in [-0.3, -0.25) is 4.79 Å². The van der Waals surface area contributed by atoms with Crippen molar-refractivity contribution in [3.63, 3.8) is 0 Å². The van der Waals surface area contributed by atoms with Crippen molar-refractivity contribution in [1.82, 2.24) is 0 Å². The number of nitrogens with one attached hydrogen (secondary N) is 1. The molecule has 2 nitrogen and oxygen atoms in total. The fourth-order valence-corrected chi connectivity index (χ4v) is 2.71. The molecule has 0 spiro atoms. The normalized spacial score (nSPS) is 16.8. The summed E-state index contributed by atoms with van der Waals surface area (Å²) in [5, 5.41) is 3.03. The molecule has 1 saturated carbocycles. The van der Waals surface area contributed by atoms with Gasteiger partial charge in [0.05, 0.1) is 5.69 Å². The Labute approximate surface area is 111 Å². The minimum absolute atomic E-state index is 0.177. The van der Waals surface area contributed by atoms with Gasteiger partial charge in [-0.25, -0.2) is 0 Å². The second-order valence-electron chi connectivity index (χ2n) is 4.76. The molecule has 3 heteroatoms. The molecule has 1 aromatic carbocycles. The molecule has 1 aliphatic rings. The van der Waals surface area contributed by atoms with Crippen molar-refractivity contribution in [3.8, 4) is 0 Å². The number of anilines is 1. The summed E-state index contributed by atoms with van der Waals surface area (Å²) in [5.74, 6) is 0.382. The maximum absolute atomic E-state index is 12.1. The largest absolute Gasteiger partial charge is 0.325 e. The van der Waals surface area contributed by atoms with Crippen molar-refractivity contribution in [2.24, 2.45) is 5.92 Å². The Bertz CT molecular complexity index is 411. The quantitative estimate of drug-likeness (QED) is 0.867. The molecule has 1 N–H and O–H groups in total. The van der Waals surface area contributed by atoms with Crippen LogP contribution in [0.25, 0.3) is 0 Å². The molecule has 92 valence electrons. The third kappa shape index (κ3) is 3.09. The Morgan fingerprint density at radius 3 is 2.71 bits per heavy atom. The van der Waals surface area contributed by atoms with Crippen molar-refractivity contribution >= 4 is 27.5 Å². The molecule has 0 saturated heterocycles. The molecule has 2 rings (SSSR count). The van der Waals surface area contributed by atoms with Crippen LogP contribution in [-0.4, -0.2) is 5.91 Å². The lowest BCUT2D eigenvalue weighted by Gasteiger charge is -2.21. The number of amides is 1. The zero-order valence-electron chi connectivity index (χ0n) is 10.1. The van der Waals surface area contributed by atoms with Gasteiger partial charge in [0, 0.05) is 10.4 Å². The van der Waals surface area contributed by atoms with Gasteiger partial charge in [0.25, 0.3) is 0 Å². The minimum atomic E-state index is 0.177. The van der Waals surface area contributed by atoms with Crippen LogP contribution < -0.4 is 5.32 Å². The Balaban J connectivity index is 2.04. The molecule has 0 unspecified atom stereocenters. The molecule has 1 aliphatic carbocycles. The van der Waals surface area contributed by atoms with Crippen molar-refractivity contribution in [2.45, 2.75) is 39.0 Å². The standard InChI is InChI=1S/C14H18BrNO/c1-10-6-5-9-12(13(10)15)16-14(17)11-7-3-2-4-8-11/h5-6,9,11H,2-4,7-8H2,1H3,(H,16,17). The van der Waals surface area contributed by atoms with Gasteiger partial charge in [0.1, 0.15) is 0 Å². The van der Waals surface area contributed by atoms with Crippen LogP contribution in [0.5, 0.6) is 0 Å². The van der Waals surface area contributed by atoms with E-state index in [4.69, 9.17) is 0 Å². The van der Waals surface area contributed by atoms with E-state index in [0.29, 0.717) is 0 Å². The van der Waals surface area contributed by atoms with Crippen LogP contribution in [0.15, 0.2) is 22.7 Å². The van der Waals surface area contributed by atoms with Gasteiger partial charge in [0.2, 0.25) is 5.91 Å². The summed E-state index contributed by atoms with van der Waals surface area (Å²) < 4.78 is 0.990. The van der Waals surface area contributed by atoms with Crippen LogP contribution in [0.2, 0.25) is 0 Å². The highest BCUT2D eigenvalue weighted by atomic mass is 79.9. The first-order chi connectivity index (χ1) is 8.18. The van der Waals surface area contributed by atoms with Gasteiger partial charge in [-0.15, -0.1) is 0 Å². The number of hydrogen-bond acceptors (Lipinski definition) is 1. The van der Waals surface area contributed by atoms with Crippen LogP contribution >= 0.6 is 15.9 Å². The van der Waals surface area contributed by atoms with E-state index in [1.54, 1.807) is 0 Å². The van der Waals surface area contributed by atoms with Crippen LogP contribution in [0, 0.1) is 12.8 Å². The molecule has 0 radical (unpaired) electrons. The number of rotatable bonds is 2. The number of halogens is 1. The SMILES string of the molecule is Cc1cccc(NC(=O)C2CCCCC2)c1Br. The van der Waals surface area contributed by atoms with E-state index in [1.165, 1.54) is 19.3 Å². The first kappa shape index (κ1) is 12.6. The van der Waals surface area contributed by atoms with Gasteiger partial charge in [-0.1, -0.05) is 31.4 Å². The maximum atomic E-state index is 12.1. The molecule has 1 aromatic rings. The highest BCUT2D eigenvalue weighted by Crippen LogP contribution is 2.29. The number of aryl methyl sites for hydroxylation is 1. The fourth-order valence-electron chi connectivity index (χ4n) is 2.34. The van der Waals surface area contributed by atoms with Crippen molar-refractivity contribution in [1.29, 1.82) is 0 Å². The van der Waals surface area contributed by atoms with E-state index in [1.807, 2.05) is 25.1 Å².